The van der Waals surface area contributed by atoms with E-state index in [9.17, 15) is 0 Å². The monoisotopic (exact) mass is 301 g/mol. The highest BCUT2D eigenvalue weighted by Crippen LogP contribution is 2.22. The van der Waals surface area contributed by atoms with E-state index in [0.29, 0.717) is 11.0 Å². The summed E-state index contributed by atoms with van der Waals surface area (Å²) in [5.41, 5.74) is 8.03. The maximum Gasteiger partial charge on any atom is 0.153 e. The first-order chi connectivity index (χ1) is 7.58. The van der Waals surface area contributed by atoms with Crippen LogP contribution in [0.2, 0.25) is 0 Å². The molecular weight excluding hydrogens is 290 g/mol. The van der Waals surface area contributed by atoms with Crippen LogP contribution < -0.4 is 5.73 Å². The molecule has 2 aromatic rings. The molecule has 86 valence electrons. The van der Waals surface area contributed by atoms with E-state index in [4.69, 9.17) is 5.73 Å². The van der Waals surface area contributed by atoms with Crippen LogP contribution in [0.25, 0.3) is 0 Å². The molecule has 5 nitrogen and oxygen atoms in total. The Morgan fingerprint density at radius 2 is 2.38 bits per heavy atom. The lowest BCUT2D eigenvalue weighted by molar-refractivity contribution is 0.602. The van der Waals surface area contributed by atoms with E-state index in [1.165, 1.54) is 0 Å². The minimum Gasteiger partial charge on any atom is -0.322 e. The fourth-order valence-corrected chi connectivity index (χ4v) is 2.80. The highest BCUT2D eigenvalue weighted by atomic mass is 79.9. The van der Waals surface area contributed by atoms with Crippen LogP contribution in [0.4, 0.5) is 0 Å². The molecule has 1 atom stereocenters. The second-order valence-electron chi connectivity index (χ2n) is 3.56. The number of rotatable bonds is 3. The third-order valence-corrected chi connectivity index (χ3v) is 3.66. The zero-order valence-electron chi connectivity index (χ0n) is 9.01. The fraction of sp³-hybridized carbons (Fsp3) is 0.444. The first kappa shape index (κ1) is 11.7. The molecule has 2 heterocycles. The van der Waals surface area contributed by atoms with Crippen molar-refractivity contribution in [2.24, 2.45) is 12.8 Å². The van der Waals surface area contributed by atoms with Crippen molar-refractivity contribution in [1.82, 2.24) is 20.0 Å². The van der Waals surface area contributed by atoms with Gasteiger partial charge in [-0.2, -0.15) is 0 Å². The molecule has 16 heavy (non-hydrogen) atoms. The summed E-state index contributed by atoms with van der Waals surface area (Å²) in [6.45, 7) is 1.99. The van der Waals surface area contributed by atoms with E-state index in [-0.39, 0.29) is 6.04 Å². The molecule has 0 aliphatic heterocycles. The lowest BCUT2D eigenvalue weighted by atomic mass is 10.1. The Bertz CT molecular complexity index is 472. The summed E-state index contributed by atoms with van der Waals surface area (Å²) in [4.78, 5) is 4.39. The maximum atomic E-state index is 6.12. The molecule has 0 saturated carbocycles. The molecule has 0 fully saturated rings. The van der Waals surface area contributed by atoms with Crippen molar-refractivity contribution in [1.29, 1.82) is 0 Å². The first-order valence-electron chi connectivity index (χ1n) is 4.79. The quantitative estimate of drug-likeness (QED) is 0.934. The summed E-state index contributed by atoms with van der Waals surface area (Å²) in [5, 5.41) is 10.9. The lowest BCUT2D eigenvalue weighted by Gasteiger charge is -2.09. The number of aryl methyl sites for hydroxylation is 2. The van der Waals surface area contributed by atoms with Crippen LogP contribution >= 0.6 is 27.3 Å². The molecule has 7 heteroatoms. The second kappa shape index (κ2) is 4.60. The predicted molar refractivity (Wildman–Crippen MR) is 66.2 cm³/mol. The van der Waals surface area contributed by atoms with Crippen LogP contribution in [0.15, 0.2) is 9.98 Å². The third kappa shape index (κ3) is 2.31. The van der Waals surface area contributed by atoms with Gasteiger partial charge in [0.25, 0.3) is 0 Å². The summed E-state index contributed by atoms with van der Waals surface area (Å²) in [7, 11) is 1.83. The fourth-order valence-electron chi connectivity index (χ4n) is 1.56. The Hall–Kier alpha value is -0.790. The Balaban J connectivity index is 2.17. The number of hydrogen-bond donors (Lipinski definition) is 1. The summed E-state index contributed by atoms with van der Waals surface area (Å²) in [5.74, 6) is 0. The topological polar surface area (TPSA) is 69.6 Å². The van der Waals surface area contributed by atoms with Crippen molar-refractivity contribution in [2.75, 3.05) is 0 Å². The van der Waals surface area contributed by atoms with Gasteiger partial charge in [0, 0.05) is 18.8 Å². The van der Waals surface area contributed by atoms with Crippen LogP contribution in [0.5, 0.6) is 0 Å². The molecule has 0 amide bonds. The number of nitrogens with zero attached hydrogens (tertiary/aromatic N) is 4. The normalized spacial score (nSPS) is 13.0. The van der Waals surface area contributed by atoms with Gasteiger partial charge in [0.1, 0.15) is 0 Å². The van der Waals surface area contributed by atoms with Crippen molar-refractivity contribution < 1.29 is 0 Å². The summed E-state index contributed by atoms with van der Waals surface area (Å²) in [6.07, 6.45) is 0.699. The van der Waals surface area contributed by atoms with E-state index in [1.807, 2.05) is 19.4 Å². The van der Waals surface area contributed by atoms with Gasteiger partial charge in [-0.3, -0.25) is 0 Å². The van der Waals surface area contributed by atoms with Gasteiger partial charge in [-0.1, -0.05) is 5.21 Å². The van der Waals surface area contributed by atoms with Gasteiger partial charge in [-0.25, -0.2) is 9.67 Å². The summed E-state index contributed by atoms with van der Waals surface area (Å²) in [6, 6.07) is -0.143. The van der Waals surface area contributed by atoms with Crippen LogP contribution in [-0.2, 0) is 13.5 Å². The average molecular weight is 302 g/mol. The lowest BCUT2D eigenvalue weighted by Crippen LogP contribution is -2.17. The number of aromatic nitrogens is 4. The highest BCUT2D eigenvalue weighted by molar-refractivity contribution is 9.10. The number of thiazole rings is 1. The molecule has 0 saturated heterocycles. The van der Waals surface area contributed by atoms with Crippen molar-refractivity contribution in [3.8, 4) is 0 Å². The van der Waals surface area contributed by atoms with Gasteiger partial charge in [-0.05, 0) is 22.9 Å². The van der Waals surface area contributed by atoms with Crippen LogP contribution in [0.1, 0.15) is 22.4 Å². The standard InChI is InChI=1S/C9H12BrN5S/c1-5-12-6(4-16-5)3-7(11)8-9(10)13-14-15(8)2/h4,7H,3,11H2,1-2H3. The first-order valence-corrected chi connectivity index (χ1v) is 6.47. The van der Waals surface area contributed by atoms with E-state index in [2.05, 4.69) is 31.2 Å². The molecule has 0 aliphatic rings. The molecule has 2 rings (SSSR count). The molecule has 0 aromatic carbocycles. The number of nitrogens with two attached hydrogens (primary N) is 1. The second-order valence-corrected chi connectivity index (χ2v) is 5.37. The van der Waals surface area contributed by atoms with Gasteiger partial charge in [0.05, 0.1) is 22.4 Å². The number of hydrogen-bond acceptors (Lipinski definition) is 5. The zero-order valence-corrected chi connectivity index (χ0v) is 11.4. The minimum atomic E-state index is -0.143. The average Bonchev–Trinajstić information content (AvgIpc) is 2.74. The molecule has 0 spiro atoms. The maximum absolute atomic E-state index is 6.12. The third-order valence-electron chi connectivity index (χ3n) is 2.27. The minimum absolute atomic E-state index is 0.143. The van der Waals surface area contributed by atoms with Crippen molar-refractivity contribution in [3.05, 3.63) is 26.4 Å². The van der Waals surface area contributed by atoms with Gasteiger partial charge in [0.2, 0.25) is 0 Å². The Kier molecular flexibility index (Phi) is 3.36. The van der Waals surface area contributed by atoms with Crippen molar-refractivity contribution in [3.63, 3.8) is 0 Å². The SMILES string of the molecule is Cc1nc(CC(N)c2c(Br)nnn2C)cs1. The highest BCUT2D eigenvalue weighted by Gasteiger charge is 2.17. The van der Waals surface area contributed by atoms with Gasteiger partial charge < -0.3 is 5.73 Å². The van der Waals surface area contributed by atoms with E-state index in [1.54, 1.807) is 16.0 Å². The Morgan fingerprint density at radius 1 is 1.62 bits per heavy atom. The van der Waals surface area contributed by atoms with Crippen LogP contribution in [0.3, 0.4) is 0 Å². The molecule has 0 radical (unpaired) electrons. The van der Waals surface area contributed by atoms with Gasteiger partial charge >= 0.3 is 0 Å². The van der Waals surface area contributed by atoms with E-state index < -0.39 is 0 Å². The Labute approximate surface area is 106 Å². The van der Waals surface area contributed by atoms with Crippen molar-refractivity contribution >= 4 is 27.3 Å². The Morgan fingerprint density at radius 3 is 2.88 bits per heavy atom. The molecule has 1 unspecified atom stereocenters. The van der Waals surface area contributed by atoms with E-state index in [0.717, 1.165) is 16.4 Å². The van der Waals surface area contributed by atoms with Crippen LogP contribution in [0, 0.1) is 6.92 Å². The zero-order chi connectivity index (χ0) is 11.7. The van der Waals surface area contributed by atoms with Gasteiger partial charge in [0.15, 0.2) is 4.60 Å². The summed E-state index contributed by atoms with van der Waals surface area (Å²) >= 11 is 4.98. The number of halogens is 1. The molecule has 0 bridgehead atoms. The van der Waals surface area contributed by atoms with Gasteiger partial charge in [-0.15, -0.1) is 16.4 Å². The smallest absolute Gasteiger partial charge is 0.153 e. The molecule has 0 aliphatic carbocycles. The molecular formula is C9H12BrN5S. The predicted octanol–water partition coefficient (Wildman–Crippen LogP) is 1.59. The molecule has 2 aromatic heterocycles. The van der Waals surface area contributed by atoms with Crippen LogP contribution in [-0.4, -0.2) is 20.0 Å². The van der Waals surface area contributed by atoms with E-state index >= 15 is 0 Å². The summed E-state index contributed by atoms with van der Waals surface area (Å²) < 4.78 is 2.39. The van der Waals surface area contributed by atoms with Crippen molar-refractivity contribution in [2.45, 2.75) is 19.4 Å². The molecule has 2 N–H and O–H groups in total. The largest absolute Gasteiger partial charge is 0.322 e.